The smallest absolute Gasteiger partial charge is 0.188 e. The molecule has 1 atom stereocenters. The lowest BCUT2D eigenvalue weighted by Gasteiger charge is -2.32. The molecule has 6 heteroatoms. The molecule has 1 saturated heterocycles. The standard InChI is InChI=1S/C18H32N4S.HI/c1-3-15(4-2)17(22-11-5-6-12-22)14-21-18(19)20-10-9-16-8-7-13-23-16;/h7-8,13,15,17H,3-6,9-12,14H2,1-2H3,(H3,19,20,21);1H. The maximum Gasteiger partial charge on any atom is 0.188 e. The van der Waals surface area contributed by atoms with Crippen LogP contribution >= 0.6 is 35.3 Å². The molecule has 138 valence electrons. The number of aliphatic imine (C=N–C) groups is 1. The van der Waals surface area contributed by atoms with E-state index in [9.17, 15) is 0 Å². The monoisotopic (exact) mass is 464 g/mol. The van der Waals surface area contributed by atoms with Gasteiger partial charge in [0.25, 0.3) is 0 Å². The highest BCUT2D eigenvalue weighted by Crippen LogP contribution is 2.23. The van der Waals surface area contributed by atoms with Crippen LogP contribution in [0.5, 0.6) is 0 Å². The number of nitrogens with zero attached hydrogens (tertiary/aromatic N) is 2. The van der Waals surface area contributed by atoms with Gasteiger partial charge in [0, 0.05) is 17.5 Å². The van der Waals surface area contributed by atoms with Gasteiger partial charge in [-0.3, -0.25) is 9.89 Å². The van der Waals surface area contributed by atoms with Crippen molar-refractivity contribution in [3.05, 3.63) is 22.4 Å². The molecular weight excluding hydrogens is 431 g/mol. The third-order valence-corrected chi connectivity index (χ3v) is 5.85. The van der Waals surface area contributed by atoms with Gasteiger partial charge in [-0.2, -0.15) is 0 Å². The third kappa shape index (κ3) is 6.88. The van der Waals surface area contributed by atoms with Gasteiger partial charge in [0.15, 0.2) is 5.96 Å². The first-order chi connectivity index (χ1) is 11.2. The van der Waals surface area contributed by atoms with Gasteiger partial charge in [0.1, 0.15) is 0 Å². The molecule has 1 aromatic rings. The Labute approximate surface area is 168 Å². The molecule has 1 aromatic heterocycles. The Hall–Kier alpha value is -0.340. The van der Waals surface area contributed by atoms with Crippen molar-refractivity contribution in [2.75, 3.05) is 26.2 Å². The zero-order chi connectivity index (χ0) is 16.5. The number of guanidine groups is 1. The van der Waals surface area contributed by atoms with E-state index < -0.39 is 0 Å². The second-order valence-electron chi connectivity index (χ2n) is 6.37. The molecule has 1 fully saturated rings. The summed E-state index contributed by atoms with van der Waals surface area (Å²) in [6, 6.07) is 4.80. The second kappa shape index (κ2) is 12.1. The minimum absolute atomic E-state index is 0. The van der Waals surface area contributed by atoms with Crippen LogP contribution < -0.4 is 11.1 Å². The Morgan fingerprint density at radius 2 is 2.04 bits per heavy atom. The van der Waals surface area contributed by atoms with Gasteiger partial charge in [0.2, 0.25) is 0 Å². The number of rotatable bonds is 9. The minimum atomic E-state index is 0. The number of likely N-dealkylation sites (tertiary alicyclic amines) is 1. The van der Waals surface area contributed by atoms with Crippen LogP contribution in [-0.4, -0.2) is 43.1 Å². The first-order valence-electron chi connectivity index (χ1n) is 9.04. The lowest BCUT2D eigenvalue weighted by molar-refractivity contribution is 0.172. The number of hydrogen-bond donors (Lipinski definition) is 2. The van der Waals surface area contributed by atoms with E-state index in [0.717, 1.165) is 25.4 Å². The van der Waals surface area contributed by atoms with E-state index in [1.165, 1.54) is 43.6 Å². The molecule has 1 aliphatic heterocycles. The highest BCUT2D eigenvalue weighted by molar-refractivity contribution is 14.0. The van der Waals surface area contributed by atoms with E-state index in [1.807, 2.05) is 0 Å². The zero-order valence-corrected chi connectivity index (χ0v) is 18.2. The summed E-state index contributed by atoms with van der Waals surface area (Å²) >= 11 is 1.79. The van der Waals surface area contributed by atoms with Crippen molar-refractivity contribution < 1.29 is 0 Å². The summed E-state index contributed by atoms with van der Waals surface area (Å²) in [6.07, 6.45) is 6.11. The molecule has 24 heavy (non-hydrogen) atoms. The Kier molecular flexibility index (Phi) is 10.9. The fraction of sp³-hybridized carbons (Fsp3) is 0.722. The normalized spacial score (nSPS) is 17.0. The summed E-state index contributed by atoms with van der Waals surface area (Å²) in [5.41, 5.74) is 6.07. The van der Waals surface area contributed by atoms with Crippen molar-refractivity contribution in [1.29, 1.82) is 0 Å². The van der Waals surface area contributed by atoms with Gasteiger partial charge in [-0.15, -0.1) is 35.3 Å². The van der Waals surface area contributed by atoms with Crippen LogP contribution in [0.4, 0.5) is 0 Å². The van der Waals surface area contributed by atoms with Gasteiger partial charge < -0.3 is 11.1 Å². The van der Waals surface area contributed by atoms with Crippen LogP contribution in [0, 0.1) is 5.92 Å². The average molecular weight is 464 g/mol. The highest BCUT2D eigenvalue weighted by Gasteiger charge is 2.27. The lowest BCUT2D eigenvalue weighted by Crippen LogP contribution is -2.42. The number of hydrogen-bond acceptors (Lipinski definition) is 3. The van der Waals surface area contributed by atoms with Crippen LogP contribution in [0.15, 0.2) is 22.5 Å². The summed E-state index contributed by atoms with van der Waals surface area (Å²) < 4.78 is 0. The van der Waals surface area contributed by atoms with Crippen molar-refractivity contribution in [2.45, 2.75) is 52.0 Å². The molecule has 0 aromatic carbocycles. The molecular formula is C18H33IN4S. The fourth-order valence-electron chi connectivity index (χ4n) is 3.49. The molecule has 0 spiro atoms. The molecule has 2 rings (SSSR count). The summed E-state index contributed by atoms with van der Waals surface area (Å²) in [7, 11) is 0. The zero-order valence-electron chi connectivity index (χ0n) is 15.0. The summed E-state index contributed by atoms with van der Waals surface area (Å²) in [6.45, 7) is 8.72. The predicted octanol–water partition coefficient (Wildman–Crippen LogP) is 3.71. The van der Waals surface area contributed by atoms with Crippen molar-refractivity contribution in [2.24, 2.45) is 16.6 Å². The van der Waals surface area contributed by atoms with Gasteiger partial charge in [-0.25, -0.2) is 0 Å². The molecule has 0 amide bonds. The summed E-state index contributed by atoms with van der Waals surface area (Å²) in [4.78, 5) is 8.66. The number of thiophene rings is 1. The van der Waals surface area contributed by atoms with E-state index in [1.54, 1.807) is 11.3 Å². The quantitative estimate of drug-likeness (QED) is 0.333. The molecule has 1 aliphatic rings. The van der Waals surface area contributed by atoms with Crippen LogP contribution in [-0.2, 0) is 6.42 Å². The van der Waals surface area contributed by atoms with E-state index >= 15 is 0 Å². The van der Waals surface area contributed by atoms with Gasteiger partial charge >= 0.3 is 0 Å². The van der Waals surface area contributed by atoms with Crippen LogP contribution in [0.3, 0.4) is 0 Å². The maximum atomic E-state index is 6.07. The van der Waals surface area contributed by atoms with E-state index in [0.29, 0.717) is 12.0 Å². The SMILES string of the molecule is CCC(CC)C(CN=C(N)NCCc1cccs1)N1CCCC1.I. The molecule has 0 aliphatic carbocycles. The molecule has 3 N–H and O–H groups in total. The molecule has 0 radical (unpaired) electrons. The number of nitrogens with one attached hydrogen (secondary N) is 1. The van der Waals surface area contributed by atoms with Gasteiger partial charge in [-0.05, 0) is 49.7 Å². The van der Waals surface area contributed by atoms with Crippen molar-refractivity contribution in [3.8, 4) is 0 Å². The number of halogens is 1. The second-order valence-corrected chi connectivity index (χ2v) is 7.40. The van der Waals surface area contributed by atoms with Gasteiger partial charge in [-0.1, -0.05) is 32.8 Å². The maximum absolute atomic E-state index is 6.07. The predicted molar refractivity (Wildman–Crippen MR) is 117 cm³/mol. The molecule has 1 unspecified atom stereocenters. The summed E-state index contributed by atoms with van der Waals surface area (Å²) in [5, 5.41) is 5.37. The van der Waals surface area contributed by atoms with Crippen LogP contribution in [0.2, 0.25) is 0 Å². The Balaban J connectivity index is 0.00000288. The van der Waals surface area contributed by atoms with Crippen molar-refractivity contribution >= 4 is 41.3 Å². The first-order valence-corrected chi connectivity index (χ1v) is 9.92. The largest absolute Gasteiger partial charge is 0.370 e. The average Bonchev–Trinajstić information content (AvgIpc) is 3.24. The fourth-order valence-corrected chi connectivity index (χ4v) is 4.19. The summed E-state index contributed by atoms with van der Waals surface area (Å²) in [5.74, 6) is 1.31. The van der Waals surface area contributed by atoms with Crippen molar-refractivity contribution in [3.63, 3.8) is 0 Å². The molecule has 0 bridgehead atoms. The van der Waals surface area contributed by atoms with Crippen molar-refractivity contribution in [1.82, 2.24) is 10.2 Å². The molecule has 0 saturated carbocycles. The Morgan fingerprint density at radius 3 is 2.62 bits per heavy atom. The Bertz CT molecular complexity index is 452. The third-order valence-electron chi connectivity index (χ3n) is 4.91. The minimum Gasteiger partial charge on any atom is -0.370 e. The topological polar surface area (TPSA) is 53.6 Å². The van der Waals surface area contributed by atoms with Gasteiger partial charge in [0.05, 0.1) is 6.54 Å². The lowest BCUT2D eigenvalue weighted by atomic mass is 9.93. The van der Waals surface area contributed by atoms with Crippen LogP contribution in [0.1, 0.15) is 44.4 Å². The van der Waals surface area contributed by atoms with Crippen LogP contribution in [0.25, 0.3) is 0 Å². The van der Waals surface area contributed by atoms with E-state index in [2.05, 4.69) is 46.6 Å². The Morgan fingerprint density at radius 1 is 1.33 bits per heavy atom. The number of nitrogens with two attached hydrogens (primary N) is 1. The highest BCUT2D eigenvalue weighted by atomic mass is 127. The molecule has 4 nitrogen and oxygen atoms in total. The first kappa shape index (κ1) is 21.7. The van der Waals surface area contributed by atoms with E-state index in [-0.39, 0.29) is 24.0 Å². The molecule has 2 heterocycles. The van der Waals surface area contributed by atoms with E-state index in [4.69, 9.17) is 5.73 Å².